The molecule has 0 aliphatic carbocycles. The Kier molecular flexibility index (Phi) is 4.34. The van der Waals surface area contributed by atoms with Gasteiger partial charge in [-0.05, 0) is 30.5 Å². The van der Waals surface area contributed by atoms with Gasteiger partial charge in [-0.2, -0.15) is 18.4 Å². The highest BCUT2D eigenvalue weighted by Crippen LogP contribution is 2.47. The molecule has 2 aromatic rings. The Balaban J connectivity index is 1.43. The van der Waals surface area contributed by atoms with Crippen LogP contribution in [0.2, 0.25) is 0 Å². The van der Waals surface area contributed by atoms with Gasteiger partial charge in [0, 0.05) is 19.0 Å². The van der Waals surface area contributed by atoms with Gasteiger partial charge in [-0.25, -0.2) is 0 Å². The number of nitrogens with two attached hydrogens (primary N) is 1. The van der Waals surface area contributed by atoms with E-state index in [2.05, 4.69) is 16.3 Å². The number of halogens is 3. The van der Waals surface area contributed by atoms with Crippen molar-refractivity contribution in [1.29, 1.82) is 5.26 Å². The van der Waals surface area contributed by atoms with E-state index >= 15 is 0 Å². The van der Waals surface area contributed by atoms with Gasteiger partial charge in [0.25, 0.3) is 0 Å². The normalized spacial score (nSPS) is 21.5. The smallest absolute Gasteiger partial charge is 0.330 e. The fraction of sp³-hybridized carbons (Fsp3) is 0.444. The molecule has 0 radical (unpaired) electrons. The summed E-state index contributed by atoms with van der Waals surface area (Å²) in [7, 11) is 0. The number of likely N-dealkylation sites (tertiary alicyclic amines) is 1. The molecule has 0 saturated carbocycles. The lowest BCUT2D eigenvalue weighted by Crippen LogP contribution is -2.39. The molecule has 4 rings (SSSR count). The van der Waals surface area contributed by atoms with Crippen molar-refractivity contribution in [3.05, 3.63) is 47.0 Å². The van der Waals surface area contributed by atoms with Gasteiger partial charge in [-0.1, -0.05) is 12.1 Å². The standard InChI is InChI=1S/C18H17F3N6O/c19-18(20,21)17-25-24-16-14-7-13(27(16)17)9-26(14)15(28)6-12(23)5-10-2-1-3-11(4-10)8-22/h1-4,12-14H,5-7,9,23H2/t12-,13+,14+/m1/s1. The molecule has 10 heteroatoms. The molecule has 28 heavy (non-hydrogen) atoms. The maximum absolute atomic E-state index is 13.0. The molecule has 2 N–H and O–H groups in total. The number of hydrogen-bond acceptors (Lipinski definition) is 5. The second kappa shape index (κ2) is 6.60. The Bertz CT molecular complexity index is 963. The first kappa shape index (κ1) is 18.4. The monoisotopic (exact) mass is 390 g/mol. The summed E-state index contributed by atoms with van der Waals surface area (Å²) in [5.41, 5.74) is 7.49. The molecule has 2 aliphatic heterocycles. The van der Waals surface area contributed by atoms with E-state index in [1.807, 2.05) is 6.07 Å². The van der Waals surface area contributed by atoms with Crippen molar-refractivity contribution in [1.82, 2.24) is 19.7 Å². The molecular formula is C18H17F3N6O. The van der Waals surface area contributed by atoms with Gasteiger partial charge in [0.1, 0.15) is 0 Å². The summed E-state index contributed by atoms with van der Waals surface area (Å²) < 4.78 is 40.3. The predicted octanol–water partition coefficient (Wildman–Crippen LogP) is 1.96. The third-order valence-electron chi connectivity index (χ3n) is 5.23. The van der Waals surface area contributed by atoms with Gasteiger partial charge >= 0.3 is 6.18 Å². The van der Waals surface area contributed by atoms with Crippen LogP contribution in [0, 0.1) is 11.3 Å². The van der Waals surface area contributed by atoms with E-state index in [0.29, 0.717) is 18.4 Å². The number of benzene rings is 1. The SMILES string of the molecule is N#Cc1cccc(C[C@@H](N)CC(=O)N2C[C@@H]3C[C@H]2c2nnc(C(F)(F)F)n23)c1. The topological polar surface area (TPSA) is 101 Å². The molecule has 1 aromatic heterocycles. The van der Waals surface area contributed by atoms with Crippen LogP contribution in [0.15, 0.2) is 24.3 Å². The fourth-order valence-electron chi connectivity index (χ4n) is 4.09. The van der Waals surface area contributed by atoms with Crippen molar-refractivity contribution in [2.75, 3.05) is 6.54 Å². The van der Waals surface area contributed by atoms with Crippen molar-refractivity contribution in [2.24, 2.45) is 5.73 Å². The minimum atomic E-state index is -4.56. The first-order chi connectivity index (χ1) is 13.3. The van der Waals surface area contributed by atoms with Crippen LogP contribution in [-0.2, 0) is 17.4 Å². The van der Waals surface area contributed by atoms with Gasteiger partial charge in [0.15, 0.2) is 5.82 Å². The Morgan fingerprint density at radius 3 is 2.89 bits per heavy atom. The number of amides is 1. The summed E-state index contributed by atoms with van der Waals surface area (Å²) in [6.07, 6.45) is -3.65. The number of nitriles is 1. The number of aromatic nitrogens is 3. The Morgan fingerprint density at radius 1 is 1.39 bits per heavy atom. The summed E-state index contributed by atoms with van der Waals surface area (Å²) in [4.78, 5) is 14.2. The average molecular weight is 390 g/mol. The van der Waals surface area contributed by atoms with Crippen LogP contribution in [0.5, 0.6) is 0 Å². The predicted molar refractivity (Wildman–Crippen MR) is 90.6 cm³/mol. The maximum atomic E-state index is 13.0. The molecule has 1 fully saturated rings. The van der Waals surface area contributed by atoms with Crippen LogP contribution < -0.4 is 5.73 Å². The molecule has 3 heterocycles. The number of carbonyl (C=O) groups is 1. The third-order valence-corrected chi connectivity index (χ3v) is 5.23. The molecule has 146 valence electrons. The third kappa shape index (κ3) is 3.11. The molecule has 1 saturated heterocycles. The number of hydrogen-bond donors (Lipinski definition) is 1. The van der Waals surface area contributed by atoms with Gasteiger partial charge < -0.3 is 15.2 Å². The lowest BCUT2D eigenvalue weighted by Gasteiger charge is -2.28. The Morgan fingerprint density at radius 2 is 2.18 bits per heavy atom. The van der Waals surface area contributed by atoms with E-state index in [1.54, 1.807) is 23.1 Å². The first-order valence-electron chi connectivity index (χ1n) is 8.84. The Labute approximate surface area is 158 Å². The van der Waals surface area contributed by atoms with E-state index < -0.39 is 30.1 Å². The molecule has 2 aliphatic rings. The zero-order chi connectivity index (χ0) is 20.1. The summed E-state index contributed by atoms with van der Waals surface area (Å²) in [6.45, 7) is 0.203. The lowest BCUT2D eigenvalue weighted by atomic mass is 10.0. The summed E-state index contributed by atoms with van der Waals surface area (Å²) >= 11 is 0. The van der Waals surface area contributed by atoms with Gasteiger partial charge in [0.05, 0.1) is 23.7 Å². The zero-order valence-electron chi connectivity index (χ0n) is 14.7. The quantitative estimate of drug-likeness (QED) is 0.860. The molecule has 1 aromatic carbocycles. The summed E-state index contributed by atoms with van der Waals surface area (Å²) in [5.74, 6) is -1.03. The minimum Gasteiger partial charge on any atom is -0.330 e. The summed E-state index contributed by atoms with van der Waals surface area (Å²) in [6, 6.07) is 7.66. The largest absolute Gasteiger partial charge is 0.451 e. The van der Waals surface area contributed by atoms with E-state index in [1.165, 1.54) is 0 Å². The van der Waals surface area contributed by atoms with Crippen LogP contribution in [0.25, 0.3) is 0 Å². The minimum absolute atomic E-state index is 0.0697. The molecule has 7 nitrogen and oxygen atoms in total. The first-order valence-corrected chi connectivity index (χ1v) is 8.84. The summed E-state index contributed by atoms with van der Waals surface area (Å²) in [5, 5.41) is 15.9. The van der Waals surface area contributed by atoms with Gasteiger partial charge in [0.2, 0.25) is 11.7 Å². The number of nitrogens with zero attached hydrogens (tertiary/aromatic N) is 5. The van der Waals surface area contributed by atoms with Crippen LogP contribution >= 0.6 is 0 Å². The number of fused-ring (bicyclic) bond motifs is 5. The fourth-order valence-corrected chi connectivity index (χ4v) is 4.09. The van der Waals surface area contributed by atoms with Crippen LogP contribution in [-0.4, -0.2) is 38.2 Å². The van der Waals surface area contributed by atoms with E-state index in [4.69, 9.17) is 11.0 Å². The molecule has 3 atom stereocenters. The van der Waals surface area contributed by atoms with Crippen molar-refractivity contribution < 1.29 is 18.0 Å². The highest BCUT2D eigenvalue weighted by atomic mass is 19.4. The van der Waals surface area contributed by atoms with Gasteiger partial charge in [-0.15, -0.1) is 10.2 Å². The average Bonchev–Trinajstić information content (AvgIpc) is 3.32. The zero-order valence-corrected chi connectivity index (χ0v) is 14.7. The molecular weight excluding hydrogens is 373 g/mol. The van der Waals surface area contributed by atoms with E-state index in [0.717, 1.165) is 10.1 Å². The number of alkyl halides is 3. The second-order valence-corrected chi connectivity index (χ2v) is 7.18. The van der Waals surface area contributed by atoms with Crippen molar-refractivity contribution in [2.45, 2.75) is 43.6 Å². The number of rotatable bonds is 4. The van der Waals surface area contributed by atoms with Gasteiger partial charge in [-0.3, -0.25) is 4.79 Å². The molecule has 0 spiro atoms. The highest BCUT2D eigenvalue weighted by Gasteiger charge is 2.51. The number of carbonyl (C=O) groups excluding carboxylic acids is 1. The highest BCUT2D eigenvalue weighted by molar-refractivity contribution is 5.78. The van der Waals surface area contributed by atoms with Crippen molar-refractivity contribution in [3.8, 4) is 6.07 Å². The lowest BCUT2D eigenvalue weighted by molar-refractivity contribution is -0.148. The molecule has 1 amide bonds. The maximum Gasteiger partial charge on any atom is 0.451 e. The van der Waals surface area contributed by atoms with E-state index in [9.17, 15) is 18.0 Å². The van der Waals surface area contributed by atoms with Crippen LogP contribution in [0.4, 0.5) is 13.2 Å². The molecule has 2 bridgehead atoms. The van der Waals surface area contributed by atoms with Crippen LogP contribution in [0.3, 0.4) is 0 Å². The Hall–Kier alpha value is -2.93. The molecule has 0 unspecified atom stereocenters. The van der Waals surface area contributed by atoms with E-state index in [-0.39, 0.29) is 24.7 Å². The van der Waals surface area contributed by atoms with Crippen molar-refractivity contribution >= 4 is 5.91 Å². The van der Waals surface area contributed by atoms with Crippen molar-refractivity contribution in [3.63, 3.8) is 0 Å². The second-order valence-electron chi connectivity index (χ2n) is 7.18. The van der Waals surface area contributed by atoms with Crippen LogP contribution in [0.1, 0.15) is 47.7 Å².